The van der Waals surface area contributed by atoms with E-state index in [4.69, 9.17) is 4.74 Å². The summed E-state index contributed by atoms with van der Waals surface area (Å²) in [6, 6.07) is 3.00. The SMILES string of the molecule is CCCCN(NC(=O)c1ccncc1)[C@H](C(=O)NCCOC)C1CCCCC1. The molecule has 1 fully saturated rings. The Balaban J connectivity index is 2.18. The molecule has 0 aromatic carbocycles. The highest BCUT2D eigenvalue weighted by atomic mass is 16.5. The van der Waals surface area contributed by atoms with Gasteiger partial charge in [-0.1, -0.05) is 32.6 Å². The first-order chi connectivity index (χ1) is 13.7. The van der Waals surface area contributed by atoms with E-state index in [-0.39, 0.29) is 23.8 Å². The Morgan fingerprint density at radius 2 is 1.96 bits per heavy atom. The van der Waals surface area contributed by atoms with Gasteiger partial charge < -0.3 is 10.1 Å². The van der Waals surface area contributed by atoms with E-state index in [1.165, 1.54) is 6.42 Å². The normalized spacial score (nSPS) is 16.0. The van der Waals surface area contributed by atoms with Gasteiger partial charge in [-0.25, -0.2) is 5.01 Å². The van der Waals surface area contributed by atoms with Crippen molar-refractivity contribution in [1.82, 2.24) is 20.7 Å². The third kappa shape index (κ3) is 6.87. The number of nitrogens with one attached hydrogen (secondary N) is 2. The van der Waals surface area contributed by atoms with Crippen molar-refractivity contribution in [1.29, 1.82) is 0 Å². The number of unbranched alkanes of at least 4 members (excludes halogenated alkanes) is 1. The molecule has 7 nitrogen and oxygen atoms in total. The Morgan fingerprint density at radius 1 is 1.25 bits per heavy atom. The molecule has 7 heteroatoms. The number of hydrogen-bond donors (Lipinski definition) is 2. The number of nitrogens with zero attached hydrogens (tertiary/aromatic N) is 2. The van der Waals surface area contributed by atoms with E-state index in [1.54, 1.807) is 31.6 Å². The molecule has 1 aliphatic rings. The lowest BCUT2D eigenvalue weighted by molar-refractivity contribution is -0.130. The van der Waals surface area contributed by atoms with E-state index in [9.17, 15) is 9.59 Å². The summed E-state index contributed by atoms with van der Waals surface area (Å²) in [5, 5.41) is 4.85. The number of hydrazine groups is 1. The lowest BCUT2D eigenvalue weighted by atomic mass is 9.83. The average Bonchev–Trinajstić information content (AvgIpc) is 2.73. The van der Waals surface area contributed by atoms with E-state index in [2.05, 4.69) is 22.7 Å². The minimum atomic E-state index is -0.366. The maximum atomic E-state index is 13.1. The first-order valence-corrected chi connectivity index (χ1v) is 10.4. The van der Waals surface area contributed by atoms with Gasteiger partial charge in [-0.2, -0.15) is 0 Å². The van der Waals surface area contributed by atoms with Crippen LogP contribution in [0.3, 0.4) is 0 Å². The van der Waals surface area contributed by atoms with Crippen molar-refractivity contribution >= 4 is 11.8 Å². The fraction of sp³-hybridized carbons (Fsp3) is 0.667. The Morgan fingerprint density at radius 3 is 2.61 bits per heavy atom. The van der Waals surface area contributed by atoms with Crippen molar-refractivity contribution < 1.29 is 14.3 Å². The van der Waals surface area contributed by atoms with Crippen LogP contribution in [-0.2, 0) is 9.53 Å². The van der Waals surface area contributed by atoms with Gasteiger partial charge in [0, 0.05) is 38.2 Å². The number of ether oxygens (including phenoxy) is 1. The highest BCUT2D eigenvalue weighted by Gasteiger charge is 2.35. The van der Waals surface area contributed by atoms with Crippen molar-refractivity contribution in [2.24, 2.45) is 5.92 Å². The molecule has 1 saturated carbocycles. The molecule has 1 aromatic rings. The van der Waals surface area contributed by atoms with E-state index in [1.807, 2.05) is 5.01 Å². The fourth-order valence-electron chi connectivity index (χ4n) is 3.73. The number of carbonyl (C=O) groups is 2. The van der Waals surface area contributed by atoms with Crippen LogP contribution in [0.4, 0.5) is 0 Å². The van der Waals surface area contributed by atoms with Crippen LogP contribution in [0.1, 0.15) is 62.2 Å². The number of rotatable bonds is 11. The van der Waals surface area contributed by atoms with E-state index in [0.29, 0.717) is 25.3 Å². The molecule has 1 aromatic heterocycles. The highest BCUT2D eigenvalue weighted by Crippen LogP contribution is 2.29. The highest BCUT2D eigenvalue weighted by molar-refractivity contribution is 5.94. The zero-order valence-corrected chi connectivity index (χ0v) is 17.2. The Hall–Kier alpha value is -1.99. The molecular weight excluding hydrogens is 356 g/mol. The van der Waals surface area contributed by atoms with Crippen LogP contribution in [0.2, 0.25) is 0 Å². The summed E-state index contributed by atoms with van der Waals surface area (Å²) >= 11 is 0. The summed E-state index contributed by atoms with van der Waals surface area (Å²) in [6.07, 6.45) is 10.6. The molecule has 2 N–H and O–H groups in total. The molecule has 1 atom stereocenters. The summed E-state index contributed by atoms with van der Waals surface area (Å²) in [5.41, 5.74) is 3.55. The quantitative estimate of drug-likeness (QED) is 0.448. The lowest BCUT2D eigenvalue weighted by Crippen LogP contribution is -2.58. The maximum Gasteiger partial charge on any atom is 0.265 e. The van der Waals surface area contributed by atoms with Gasteiger partial charge in [0.1, 0.15) is 6.04 Å². The van der Waals surface area contributed by atoms with Crippen LogP contribution >= 0.6 is 0 Å². The maximum absolute atomic E-state index is 13.1. The predicted molar refractivity (Wildman–Crippen MR) is 109 cm³/mol. The van der Waals surface area contributed by atoms with Gasteiger partial charge in [0.15, 0.2) is 0 Å². The van der Waals surface area contributed by atoms with E-state index >= 15 is 0 Å². The van der Waals surface area contributed by atoms with Gasteiger partial charge in [-0.3, -0.25) is 20.0 Å². The monoisotopic (exact) mass is 390 g/mol. The topological polar surface area (TPSA) is 83.6 Å². The van der Waals surface area contributed by atoms with Crippen LogP contribution in [0.15, 0.2) is 24.5 Å². The molecule has 0 spiro atoms. The second-order valence-electron chi connectivity index (χ2n) is 7.35. The van der Waals surface area contributed by atoms with Crippen LogP contribution in [-0.4, -0.2) is 54.7 Å². The average molecular weight is 391 g/mol. The minimum absolute atomic E-state index is 0.0323. The number of pyridine rings is 1. The van der Waals surface area contributed by atoms with Gasteiger partial charge in [0.2, 0.25) is 5.91 Å². The second-order valence-corrected chi connectivity index (χ2v) is 7.35. The lowest BCUT2D eigenvalue weighted by Gasteiger charge is -2.37. The van der Waals surface area contributed by atoms with Crippen molar-refractivity contribution in [3.8, 4) is 0 Å². The predicted octanol–water partition coefficient (Wildman–Crippen LogP) is 2.54. The van der Waals surface area contributed by atoms with Gasteiger partial charge in [-0.05, 0) is 37.3 Å². The molecule has 0 bridgehead atoms. The standard InChI is InChI=1S/C21H34N4O3/c1-3-4-15-25(24-20(26)18-10-12-22-13-11-18)19(17-8-6-5-7-9-17)21(27)23-14-16-28-2/h10-13,17,19H,3-9,14-16H2,1-2H3,(H,23,27)(H,24,26)/t19-/m0/s1. The fourth-order valence-corrected chi connectivity index (χ4v) is 3.73. The summed E-state index contributed by atoms with van der Waals surface area (Å²) in [5.74, 6) is 0.00461. The molecule has 1 aliphatic carbocycles. The number of hydrogen-bond acceptors (Lipinski definition) is 5. The van der Waals surface area contributed by atoms with Gasteiger partial charge in [0.25, 0.3) is 5.91 Å². The van der Waals surface area contributed by atoms with Gasteiger partial charge in [-0.15, -0.1) is 0 Å². The molecule has 0 aliphatic heterocycles. The zero-order chi connectivity index (χ0) is 20.2. The van der Waals surface area contributed by atoms with Crippen LogP contribution in [0.5, 0.6) is 0 Å². The molecule has 2 rings (SSSR count). The Labute approximate surface area is 168 Å². The number of methoxy groups -OCH3 is 1. The number of amides is 2. The molecule has 1 heterocycles. The summed E-state index contributed by atoms with van der Waals surface area (Å²) in [6.45, 7) is 3.70. The molecular formula is C21H34N4O3. The molecule has 2 amide bonds. The van der Waals surface area contributed by atoms with Crippen LogP contribution in [0.25, 0.3) is 0 Å². The first-order valence-electron chi connectivity index (χ1n) is 10.4. The molecule has 28 heavy (non-hydrogen) atoms. The molecule has 0 unspecified atom stereocenters. The first kappa shape index (κ1) is 22.3. The minimum Gasteiger partial charge on any atom is -0.383 e. The summed E-state index contributed by atoms with van der Waals surface area (Å²) in [7, 11) is 1.62. The number of carbonyl (C=O) groups excluding carboxylic acids is 2. The molecule has 0 saturated heterocycles. The Kier molecular flexibility index (Phi) is 9.93. The third-order valence-electron chi connectivity index (χ3n) is 5.25. The van der Waals surface area contributed by atoms with Gasteiger partial charge in [0.05, 0.1) is 6.61 Å². The largest absolute Gasteiger partial charge is 0.383 e. The van der Waals surface area contributed by atoms with Crippen molar-refractivity contribution in [2.75, 3.05) is 26.8 Å². The van der Waals surface area contributed by atoms with Crippen LogP contribution in [0, 0.1) is 5.92 Å². The molecule has 156 valence electrons. The zero-order valence-electron chi connectivity index (χ0n) is 17.2. The smallest absolute Gasteiger partial charge is 0.265 e. The second kappa shape index (κ2) is 12.5. The van der Waals surface area contributed by atoms with Gasteiger partial charge >= 0.3 is 0 Å². The van der Waals surface area contributed by atoms with E-state index < -0.39 is 0 Å². The Bertz CT molecular complexity index is 591. The molecule has 0 radical (unpaired) electrons. The van der Waals surface area contributed by atoms with Crippen molar-refractivity contribution in [3.63, 3.8) is 0 Å². The third-order valence-corrected chi connectivity index (χ3v) is 5.25. The van der Waals surface area contributed by atoms with Crippen molar-refractivity contribution in [3.05, 3.63) is 30.1 Å². The summed E-state index contributed by atoms with van der Waals surface area (Å²) < 4.78 is 5.06. The number of aromatic nitrogens is 1. The summed E-state index contributed by atoms with van der Waals surface area (Å²) in [4.78, 5) is 29.8. The van der Waals surface area contributed by atoms with Crippen molar-refractivity contribution in [2.45, 2.75) is 57.9 Å². The van der Waals surface area contributed by atoms with Crippen LogP contribution < -0.4 is 10.7 Å². The van der Waals surface area contributed by atoms with E-state index in [0.717, 1.165) is 38.5 Å².